The first-order valence-corrected chi connectivity index (χ1v) is 13.8. The van der Waals surface area contributed by atoms with Crippen molar-refractivity contribution >= 4 is 33.2 Å². The Hall–Kier alpha value is -2.75. The van der Waals surface area contributed by atoms with Gasteiger partial charge in [-0.15, -0.1) is 0 Å². The summed E-state index contributed by atoms with van der Waals surface area (Å²) in [4.78, 5) is 29.6. The second-order valence-corrected chi connectivity index (χ2v) is 11.6. The number of carbonyl (C=O) groups excluding carboxylic acids is 2. The molecule has 2 heterocycles. The van der Waals surface area contributed by atoms with Crippen LogP contribution in [0.15, 0.2) is 47.4 Å². The maximum Gasteiger partial charge on any atom is 0.243 e. The number of nitrogens with one attached hydrogen (secondary N) is 1. The van der Waals surface area contributed by atoms with Crippen LogP contribution in [-0.2, 0) is 32.5 Å². The number of hydrogen-bond donors (Lipinski definition) is 1. The minimum absolute atomic E-state index is 0.0903. The van der Waals surface area contributed by atoms with Crippen LogP contribution >= 0.6 is 0 Å². The number of aryl methyl sites for hydroxylation is 2. The third-order valence-corrected chi connectivity index (χ3v) is 9.17. The van der Waals surface area contributed by atoms with Gasteiger partial charge in [0.2, 0.25) is 21.8 Å². The molecule has 0 bridgehead atoms. The number of nitrogens with zero attached hydrogens (tertiary/aromatic N) is 3. The lowest BCUT2D eigenvalue weighted by atomic mass is 9.92. The Labute approximate surface area is 206 Å². The molecule has 35 heavy (non-hydrogen) atoms. The first kappa shape index (κ1) is 24.0. The van der Waals surface area contributed by atoms with Gasteiger partial charge in [-0.3, -0.25) is 14.5 Å². The van der Waals surface area contributed by atoms with E-state index < -0.39 is 10.0 Å². The van der Waals surface area contributed by atoms with E-state index in [1.54, 1.807) is 17.0 Å². The van der Waals surface area contributed by atoms with Crippen LogP contribution in [0, 0.1) is 0 Å². The van der Waals surface area contributed by atoms with Gasteiger partial charge in [-0.1, -0.05) is 18.2 Å². The molecule has 9 heteroatoms. The van der Waals surface area contributed by atoms with Crippen LogP contribution in [0.2, 0.25) is 0 Å². The number of carbonyl (C=O) groups is 2. The summed E-state index contributed by atoms with van der Waals surface area (Å²) in [5, 5.41) is 2.88. The van der Waals surface area contributed by atoms with Crippen LogP contribution in [0.3, 0.4) is 0 Å². The molecule has 8 nitrogen and oxygen atoms in total. The molecule has 1 saturated heterocycles. The SMILES string of the molecule is C[C@@H]1CC(=O)Nc2ccccc2N1C(=O)CN1CCN(S(=O)(=O)c2ccc3c(c2)CCCC3)CC1. The lowest BCUT2D eigenvalue weighted by Crippen LogP contribution is -2.52. The Bertz CT molecular complexity index is 1240. The number of piperazine rings is 1. The van der Waals surface area contributed by atoms with Crippen LogP contribution in [0.25, 0.3) is 0 Å². The van der Waals surface area contributed by atoms with Crippen LogP contribution in [0.4, 0.5) is 11.4 Å². The monoisotopic (exact) mass is 496 g/mol. The molecular formula is C26H32N4O4S. The third kappa shape index (κ3) is 4.85. The zero-order chi connectivity index (χ0) is 24.6. The van der Waals surface area contributed by atoms with Gasteiger partial charge in [0.05, 0.1) is 22.8 Å². The van der Waals surface area contributed by atoms with Crippen molar-refractivity contribution in [3.63, 3.8) is 0 Å². The van der Waals surface area contributed by atoms with Crippen LogP contribution in [0.1, 0.15) is 37.3 Å². The van der Waals surface area contributed by atoms with Gasteiger partial charge in [0.1, 0.15) is 0 Å². The standard InChI is InChI=1S/C26H32N4O4S/c1-19-16-25(31)27-23-8-4-5-9-24(23)30(19)26(32)18-28-12-14-29(15-13-28)35(33,34)22-11-10-20-6-2-3-7-21(20)17-22/h4-5,8-11,17,19H,2-3,6-7,12-16,18H2,1H3,(H,27,31)/t19-/m1/s1. The van der Waals surface area contributed by atoms with Gasteiger partial charge < -0.3 is 10.2 Å². The molecule has 1 atom stereocenters. The van der Waals surface area contributed by atoms with Crippen molar-refractivity contribution in [2.45, 2.75) is 50.0 Å². The average Bonchev–Trinajstić information content (AvgIpc) is 2.98. The molecule has 2 amide bonds. The summed E-state index contributed by atoms with van der Waals surface area (Å²) < 4.78 is 28.1. The Morgan fingerprint density at radius 2 is 1.71 bits per heavy atom. The van der Waals surface area contributed by atoms with Crippen molar-refractivity contribution in [1.29, 1.82) is 0 Å². The summed E-state index contributed by atoms with van der Waals surface area (Å²) in [7, 11) is -3.56. The molecule has 2 aromatic carbocycles. The highest BCUT2D eigenvalue weighted by Gasteiger charge is 2.33. The predicted octanol–water partition coefficient (Wildman–Crippen LogP) is 2.64. The molecule has 0 spiro atoms. The van der Waals surface area contributed by atoms with Gasteiger partial charge in [-0.2, -0.15) is 4.31 Å². The van der Waals surface area contributed by atoms with Crippen LogP contribution in [0.5, 0.6) is 0 Å². The van der Waals surface area contributed by atoms with Crippen molar-refractivity contribution in [2.75, 3.05) is 42.9 Å². The van der Waals surface area contributed by atoms with E-state index in [1.807, 2.05) is 42.2 Å². The first-order valence-electron chi connectivity index (χ1n) is 12.4. The number of fused-ring (bicyclic) bond motifs is 2. The molecule has 1 N–H and O–H groups in total. The summed E-state index contributed by atoms with van der Waals surface area (Å²) in [5.41, 5.74) is 3.75. The van der Waals surface area contributed by atoms with Crippen LogP contribution in [-0.4, -0.2) is 68.2 Å². The highest BCUT2D eigenvalue weighted by atomic mass is 32.2. The normalized spacial score (nSPS) is 21.6. The summed E-state index contributed by atoms with van der Waals surface area (Å²) in [6.45, 7) is 3.72. The highest BCUT2D eigenvalue weighted by molar-refractivity contribution is 7.89. The fourth-order valence-electron chi connectivity index (χ4n) is 5.38. The van der Waals surface area contributed by atoms with Crippen molar-refractivity contribution in [1.82, 2.24) is 9.21 Å². The molecule has 0 aromatic heterocycles. The molecule has 186 valence electrons. The van der Waals surface area contributed by atoms with E-state index in [1.165, 1.54) is 9.87 Å². The lowest BCUT2D eigenvalue weighted by Gasteiger charge is -2.35. The molecule has 0 radical (unpaired) electrons. The van der Waals surface area contributed by atoms with Gasteiger partial charge in [-0.25, -0.2) is 8.42 Å². The van der Waals surface area contributed by atoms with Gasteiger partial charge >= 0.3 is 0 Å². The predicted molar refractivity (Wildman–Crippen MR) is 135 cm³/mol. The highest BCUT2D eigenvalue weighted by Crippen LogP contribution is 2.31. The van der Waals surface area contributed by atoms with E-state index in [0.717, 1.165) is 31.2 Å². The molecule has 0 unspecified atom stereocenters. The van der Waals surface area contributed by atoms with Gasteiger partial charge in [0, 0.05) is 38.6 Å². The Balaban J connectivity index is 1.25. The quantitative estimate of drug-likeness (QED) is 0.703. The van der Waals surface area contributed by atoms with E-state index in [4.69, 9.17) is 0 Å². The van der Waals surface area contributed by atoms with Crippen molar-refractivity contribution < 1.29 is 18.0 Å². The Morgan fingerprint density at radius 3 is 2.49 bits per heavy atom. The summed E-state index contributed by atoms with van der Waals surface area (Å²) >= 11 is 0. The minimum Gasteiger partial charge on any atom is -0.324 e. The molecule has 2 aliphatic heterocycles. The zero-order valence-electron chi connectivity index (χ0n) is 20.1. The maximum absolute atomic E-state index is 13.3. The first-order chi connectivity index (χ1) is 16.8. The van der Waals surface area contributed by atoms with Gasteiger partial charge in [0.15, 0.2) is 0 Å². The summed E-state index contributed by atoms with van der Waals surface area (Å²) in [6, 6.07) is 12.6. The molecule has 0 saturated carbocycles. The number of rotatable bonds is 4. The number of para-hydroxylation sites is 2. The smallest absolute Gasteiger partial charge is 0.243 e. The van der Waals surface area contributed by atoms with Crippen molar-refractivity contribution in [3.8, 4) is 0 Å². The molecule has 1 aliphatic carbocycles. The van der Waals surface area contributed by atoms with Gasteiger partial charge in [0.25, 0.3) is 0 Å². The number of amides is 2. The Morgan fingerprint density at radius 1 is 1.00 bits per heavy atom. The topological polar surface area (TPSA) is 90.0 Å². The fraction of sp³-hybridized carbons (Fsp3) is 0.462. The lowest BCUT2D eigenvalue weighted by molar-refractivity contribution is -0.120. The second kappa shape index (κ2) is 9.72. The average molecular weight is 497 g/mol. The number of anilines is 2. The third-order valence-electron chi connectivity index (χ3n) is 7.28. The van der Waals surface area contributed by atoms with Crippen molar-refractivity contribution in [2.24, 2.45) is 0 Å². The van der Waals surface area contributed by atoms with E-state index in [9.17, 15) is 18.0 Å². The molecule has 1 fully saturated rings. The van der Waals surface area contributed by atoms with E-state index in [2.05, 4.69) is 5.32 Å². The molecule has 5 rings (SSSR count). The van der Waals surface area contributed by atoms with E-state index in [-0.39, 0.29) is 30.8 Å². The maximum atomic E-state index is 13.3. The Kier molecular flexibility index (Phi) is 6.65. The van der Waals surface area contributed by atoms with Gasteiger partial charge in [-0.05, 0) is 68.0 Å². The second-order valence-electron chi connectivity index (χ2n) is 9.70. The van der Waals surface area contributed by atoms with E-state index >= 15 is 0 Å². The molecule has 3 aliphatic rings. The van der Waals surface area contributed by atoms with E-state index in [0.29, 0.717) is 42.4 Å². The number of benzene rings is 2. The molecule has 2 aromatic rings. The summed E-state index contributed by atoms with van der Waals surface area (Å²) in [6.07, 6.45) is 4.45. The minimum atomic E-state index is -3.56. The number of hydrogen-bond acceptors (Lipinski definition) is 5. The number of sulfonamides is 1. The summed E-state index contributed by atoms with van der Waals surface area (Å²) in [5.74, 6) is -0.200. The molecular weight excluding hydrogens is 464 g/mol. The van der Waals surface area contributed by atoms with Crippen LogP contribution < -0.4 is 10.2 Å². The fourth-order valence-corrected chi connectivity index (χ4v) is 6.86. The van der Waals surface area contributed by atoms with Crippen molar-refractivity contribution in [3.05, 3.63) is 53.6 Å². The largest absolute Gasteiger partial charge is 0.324 e. The zero-order valence-corrected chi connectivity index (χ0v) is 20.9.